The van der Waals surface area contributed by atoms with Crippen molar-refractivity contribution in [1.29, 1.82) is 0 Å². The second-order valence-corrected chi connectivity index (χ2v) is 5.80. The maximum absolute atomic E-state index is 9.32. The Balaban J connectivity index is 1.77. The number of rotatable bonds is 5. The molecule has 100 valence electrons. The molecule has 18 heavy (non-hydrogen) atoms. The number of hydrogen-bond donors (Lipinski definition) is 1. The van der Waals surface area contributed by atoms with Gasteiger partial charge in [-0.2, -0.15) is 0 Å². The molecule has 0 atom stereocenters. The first-order valence-electron chi connectivity index (χ1n) is 7.58. The van der Waals surface area contributed by atoms with E-state index in [0.717, 1.165) is 11.8 Å². The first-order chi connectivity index (χ1) is 8.79. The molecule has 1 heteroatoms. The second-order valence-electron chi connectivity index (χ2n) is 5.80. The predicted octanol–water partition coefficient (Wildman–Crippen LogP) is 5.25. The summed E-state index contributed by atoms with van der Waals surface area (Å²) in [5.41, 5.74) is 1.42. The van der Waals surface area contributed by atoms with Crippen LogP contribution in [0.2, 0.25) is 0 Å². The minimum Gasteiger partial charge on any atom is -0.508 e. The molecule has 1 aromatic rings. The molecule has 0 heterocycles. The summed E-state index contributed by atoms with van der Waals surface area (Å²) >= 11 is 0. The van der Waals surface area contributed by atoms with Gasteiger partial charge < -0.3 is 5.11 Å². The Hall–Kier alpha value is -0.980. The summed E-state index contributed by atoms with van der Waals surface area (Å²) in [5, 5.41) is 9.32. The van der Waals surface area contributed by atoms with Crippen molar-refractivity contribution in [3.05, 3.63) is 29.8 Å². The summed E-state index contributed by atoms with van der Waals surface area (Å²) in [7, 11) is 0. The molecule has 0 spiro atoms. The lowest BCUT2D eigenvalue weighted by molar-refractivity contribution is 0.302. The Morgan fingerprint density at radius 2 is 1.67 bits per heavy atom. The molecule has 1 aromatic carbocycles. The van der Waals surface area contributed by atoms with E-state index in [1.165, 1.54) is 56.9 Å². The molecule has 0 unspecified atom stereocenters. The van der Waals surface area contributed by atoms with Gasteiger partial charge in [-0.25, -0.2) is 0 Å². The largest absolute Gasteiger partial charge is 0.508 e. The van der Waals surface area contributed by atoms with Crippen LogP contribution in [0, 0.1) is 5.92 Å². The Morgan fingerprint density at radius 3 is 2.28 bits per heavy atom. The van der Waals surface area contributed by atoms with E-state index < -0.39 is 0 Å². The van der Waals surface area contributed by atoms with Crippen molar-refractivity contribution in [2.75, 3.05) is 0 Å². The number of phenols is 1. The predicted molar refractivity (Wildman–Crippen MR) is 76.9 cm³/mol. The van der Waals surface area contributed by atoms with Gasteiger partial charge in [-0.15, -0.1) is 0 Å². The van der Waals surface area contributed by atoms with E-state index in [9.17, 15) is 5.11 Å². The molecule has 1 fully saturated rings. The first kappa shape index (κ1) is 13.5. The van der Waals surface area contributed by atoms with E-state index in [1.54, 1.807) is 0 Å². The number of unbranched alkanes of at least 4 members (excludes halogenated alkanes) is 2. The van der Waals surface area contributed by atoms with Crippen LogP contribution in [0.3, 0.4) is 0 Å². The highest BCUT2D eigenvalue weighted by Crippen LogP contribution is 2.37. The number of aromatic hydroxyl groups is 1. The van der Waals surface area contributed by atoms with Gasteiger partial charge in [-0.1, -0.05) is 44.7 Å². The lowest BCUT2D eigenvalue weighted by Gasteiger charge is -2.28. The highest BCUT2D eigenvalue weighted by Gasteiger charge is 2.21. The van der Waals surface area contributed by atoms with Crippen molar-refractivity contribution in [2.24, 2.45) is 5.92 Å². The standard InChI is InChI=1S/C17H26O/c1-2-3-4-5-14-6-8-15(9-7-14)16-10-12-17(18)13-11-16/h10-15,18H,2-9H2,1H3/t14-,15-. The Bertz CT molecular complexity index is 333. The van der Waals surface area contributed by atoms with Gasteiger partial charge in [0.05, 0.1) is 0 Å². The maximum atomic E-state index is 9.32. The summed E-state index contributed by atoms with van der Waals surface area (Å²) in [6, 6.07) is 7.83. The third-order valence-corrected chi connectivity index (χ3v) is 4.43. The molecule has 0 aromatic heterocycles. The van der Waals surface area contributed by atoms with Crippen LogP contribution in [-0.4, -0.2) is 5.11 Å². The smallest absolute Gasteiger partial charge is 0.115 e. The van der Waals surface area contributed by atoms with Crippen molar-refractivity contribution in [3.8, 4) is 5.75 Å². The summed E-state index contributed by atoms with van der Waals surface area (Å²) in [6.45, 7) is 2.28. The van der Waals surface area contributed by atoms with E-state index in [-0.39, 0.29) is 0 Å². The van der Waals surface area contributed by atoms with Crippen LogP contribution in [0.25, 0.3) is 0 Å². The van der Waals surface area contributed by atoms with Crippen LogP contribution in [0.15, 0.2) is 24.3 Å². The Morgan fingerprint density at radius 1 is 1.00 bits per heavy atom. The summed E-state index contributed by atoms with van der Waals surface area (Å²) < 4.78 is 0. The molecule has 0 amide bonds. The number of benzene rings is 1. The van der Waals surface area contributed by atoms with E-state index in [2.05, 4.69) is 19.1 Å². The Kier molecular flexibility index (Phi) is 5.10. The molecule has 0 aliphatic heterocycles. The monoisotopic (exact) mass is 246 g/mol. The van der Waals surface area contributed by atoms with Gasteiger partial charge in [-0.3, -0.25) is 0 Å². The first-order valence-corrected chi connectivity index (χ1v) is 7.58. The van der Waals surface area contributed by atoms with Crippen LogP contribution in [0.5, 0.6) is 5.75 Å². The van der Waals surface area contributed by atoms with Gasteiger partial charge >= 0.3 is 0 Å². The molecular weight excluding hydrogens is 220 g/mol. The molecule has 1 N–H and O–H groups in total. The molecule has 0 radical (unpaired) electrons. The van der Waals surface area contributed by atoms with Crippen molar-refractivity contribution in [3.63, 3.8) is 0 Å². The van der Waals surface area contributed by atoms with Gasteiger partial charge in [0.2, 0.25) is 0 Å². The van der Waals surface area contributed by atoms with Gasteiger partial charge in [0.15, 0.2) is 0 Å². The lowest BCUT2D eigenvalue weighted by atomic mass is 9.77. The highest BCUT2D eigenvalue weighted by atomic mass is 16.3. The minimum atomic E-state index is 0.381. The van der Waals surface area contributed by atoms with E-state index in [0.29, 0.717) is 5.75 Å². The molecule has 1 aliphatic rings. The summed E-state index contributed by atoms with van der Waals surface area (Å²) in [6.07, 6.45) is 11.1. The topological polar surface area (TPSA) is 20.2 Å². The molecular formula is C17H26O. The third kappa shape index (κ3) is 3.76. The molecule has 0 bridgehead atoms. The summed E-state index contributed by atoms with van der Waals surface area (Å²) in [5.74, 6) is 2.09. The van der Waals surface area contributed by atoms with Gasteiger partial charge in [0.1, 0.15) is 5.75 Å². The fourth-order valence-corrected chi connectivity index (χ4v) is 3.21. The SMILES string of the molecule is CCCCC[C@H]1CC[C@H](c2ccc(O)cc2)CC1. The molecule has 1 saturated carbocycles. The van der Waals surface area contributed by atoms with Crippen LogP contribution in [0.1, 0.15) is 69.8 Å². The fourth-order valence-electron chi connectivity index (χ4n) is 3.21. The van der Waals surface area contributed by atoms with Gasteiger partial charge in [0, 0.05) is 0 Å². The molecule has 1 nitrogen and oxygen atoms in total. The van der Waals surface area contributed by atoms with Crippen LogP contribution < -0.4 is 0 Å². The summed E-state index contributed by atoms with van der Waals surface area (Å²) in [4.78, 5) is 0. The normalized spacial score (nSPS) is 24.1. The maximum Gasteiger partial charge on any atom is 0.115 e. The zero-order valence-corrected chi connectivity index (χ0v) is 11.6. The van der Waals surface area contributed by atoms with Crippen LogP contribution >= 0.6 is 0 Å². The van der Waals surface area contributed by atoms with Crippen molar-refractivity contribution in [1.82, 2.24) is 0 Å². The van der Waals surface area contributed by atoms with Crippen LogP contribution in [0.4, 0.5) is 0 Å². The number of phenolic OH excluding ortho intramolecular Hbond substituents is 1. The van der Waals surface area contributed by atoms with Crippen molar-refractivity contribution < 1.29 is 5.11 Å². The molecule has 2 rings (SSSR count). The molecule has 0 saturated heterocycles. The molecule has 1 aliphatic carbocycles. The second kappa shape index (κ2) is 6.82. The van der Waals surface area contributed by atoms with E-state index in [4.69, 9.17) is 0 Å². The minimum absolute atomic E-state index is 0.381. The van der Waals surface area contributed by atoms with Gasteiger partial charge in [0.25, 0.3) is 0 Å². The number of hydrogen-bond acceptors (Lipinski definition) is 1. The van der Waals surface area contributed by atoms with Gasteiger partial charge in [-0.05, 0) is 55.2 Å². The third-order valence-electron chi connectivity index (χ3n) is 4.43. The highest BCUT2D eigenvalue weighted by molar-refractivity contribution is 5.28. The van der Waals surface area contributed by atoms with E-state index in [1.807, 2.05) is 12.1 Å². The van der Waals surface area contributed by atoms with Crippen molar-refractivity contribution in [2.45, 2.75) is 64.2 Å². The zero-order chi connectivity index (χ0) is 12.8. The van der Waals surface area contributed by atoms with Crippen LogP contribution in [-0.2, 0) is 0 Å². The van der Waals surface area contributed by atoms with E-state index >= 15 is 0 Å². The quantitative estimate of drug-likeness (QED) is 0.704. The zero-order valence-electron chi connectivity index (χ0n) is 11.6. The average Bonchev–Trinajstić information content (AvgIpc) is 2.41. The van der Waals surface area contributed by atoms with Crippen molar-refractivity contribution >= 4 is 0 Å². The fraction of sp³-hybridized carbons (Fsp3) is 0.647. The average molecular weight is 246 g/mol. The Labute approximate surface area is 111 Å². The lowest BCUT2D eigenvalue weighted by Crippen LogP contribution is -2.13.